The molecule has 0 spiro atoms. The molecule has 0 saturated heterocycles. The number of non-ortho nitro benzene ring substituents is 1. The van der Waals surface area contributed by atoms with Crippen molar-refractivity contribution in [1.29, 1.82) is 0 Å². The molecule has 26 heavy (non-hydrogen) atoms. The number of ether oxygens (including phenoxy) is 1. The number of benzene rings is 2. The molecule has 0 fully saturated rings. The number of hydrogen-bond acceptors (Lipinski definition) is 6. The fraction of sp³-hybridized carbons (Fsp3) is 0.167. The number of aryl methyl sites for hydroxylation is 1. The molecule has 0 bridgehead atoms. The average molecular weight is 353 g/mol. The fourth-order valence-corrected chi connectivity index (χ4v) is 2.45. The lowest BCUT2D eigenvalue weighted by Gasteiger charge is -2.05. The molecule has 0 aliphatic rings. The van der Waals surface area contributed by atoms with E-state index in [2.05, 4.69) is 9.97 Å². The molecule has 0 radical (unpaired) electrons. The van der Waals surface area contributed by atoms with Crippen molar-refractivity contribution in [3.8, 4) is 0 Å². The molecule has 132 valence electrons. The van der Waals surface area contributed by atoms with Crippen LogP contribution in [-0.2, 0) is 22.6 Å². The van der Waals surface area contributed by atoms with Crippen molar-refractivity contribution in [2.24, 2.45) is 0 Å². The predicted octanol–water partition coefficient (Wildman–Crippen LogP) is 2.51. The summed E-state index contributed by atoms with van der Waals surface area (Å²) in [6, 6.07) is 13.0. The Bertz CT molecular complexity index is 1030. The number of nitro benzene ring substituents is 1. The molecule has 3 rings (SSSR count). The van der Waals surface area contributed by atoms with E-state index in [4.69, 9.17) is 4.74 Å². The van der Waals surface area contributed by atoms with Gasteiger partial charge in [0, 0.05) is 18.6 Å². The summed E-state index contributed by atoms with van der Waals surface area (Å²) in [4.78, 5) is 41.1. The highest BCUT2D eigenvalue weighted by atomic mass is 16.6. The molecule has 0 aliphatic carbocycles. The van der Waals surface area contributed by atoms with Crippen LogP contribution in [0.5, 0.6) is 0 Å². The zero-order chi connectivity index (χ0) is 18.5. The third kappa shape index (κ3) is 4.10. The summed E-state index contributed by atoms with van der Waals surface area (Å²) in [6.07, 6.45) is 0.136. The second-order valence-electron chi connectivity index (χ2n) is 5.62. The van der Waals surface area contributed by atoms with E-state index >= 15 is 0 Å². The van der Waals surface area contributed by atoms with Gasteiger partial charge < -0.3 is 9.72 Å². The van der Waals surface area contributed by atoms with Crippen LogP contribution in [0.1, 0.15) is 17.7 Å². The number of aromatic amines is 1. The van der Waals surface area contributed by atoms with Crippen LogP contribution in [0.15, 0.2) is 53.3 Å². The molecule has 1 N–H and O–H groups in total. The Balaban J connectivity index is 1.59. The van der Waals surface area contributed by atoms with Crippen LogP contribution in [0.2, 0.25) is 0 Å². The van der Waals surface area contributed by atoms with E-state index in [9.17, 15) is 19.7 Å². The molecule has 0 saturated carbocycles. The van der Waals surface area contributed by atoms with Crippen LogP contribution in [-0.4, -0.2) is 20.9 Å². The van der Waals surface area contributed by atoms with Gasteiger partial charge in [-0.3, -0.25) is 19.7 Å². The first-order chi connectivity index (χ1) is 12.5. The predicted molar refractivity (Wildman–Crippen MR) is 93.6 cm³/mol. The van der Waals surface area contributed by atoms with E-state index in [1.165, 1.54) is 18.2 Å². The van der Waals surface area contributed by atoms with Gasteiger partial charge in [0.2, 0.25) is 0 Å². The summed E-state index contributed by atoms with van der Waals surface area (Å²) >= 11 is 0. The van der Waals surface area contributed by atoms with Crippen LogP contribution in [0.3, 0.4) is 0 Å². The van der Waals surface area contributed by atoms with Gasteiger partial charge in [0.1, 0.15) is 12.3 Å². The molecule has 8 nitrogen and oxygen atoms in total. The number of rotatable bonds is 6. The lowest BCUT2D eigenvalue weighted by molar-refractivity contribution is -0.384. The second-order valence-corrected chi connectivity index (χ2v) is 5.62. The Labute approximate surface area is 147 Å². The zero-order valence-electron chi connectivity index (χ0n) is 13.7. The van der Waals surface area contributed by atoms with Crippen molar-refractivity contribution in [2.45, 2.75) is 19.4 Å². The van der Waals surface area contributed by atoms with Gasteiger partial charge in [-0.25, -0.2) is 4.98 Å². The monoisotopic (exact) mass is 353 g/mol. The van der Waals surface area contributed by atoms with Crippen molar-refractivity contribution >= 4 is 22.7 Å². The largest absolute Gasteiger partial charge is 0.461 e. The highest BCUT2D eigenvalue weighted by Crippen LogP contribution is 2.14. The Morgan fingerprint density at radius 3 is 2.81 bits per heavy atom. The molecule has 3 aromatic rings. The zero-order valence-corrected chi connectivity index (χ0v) is 13.7. The van der Waals surface area contributed by atoms with E-state index in [1.54, 1.807) is 24.3 Å². The first kappa shape index (κ1) is 17.3. The van der Waals surface area contributed by atoms with Crippen LogP contribution in [0, 0.1) is 10.1 Å². The quantitative estimate of drug-likeness (QED) is 0.413. The topological polar surface area (TPSA) is 115 Å². The Morgan fingerprint density at radius 1 is 1.19 bits per heavy atom. The highest BCUT2D eigenvalue weighted by molar-refractivity contribution is 5.74. The molecule has 0 amide bonds. The molecular formula is C18H15N3O5. The van der Waals surface area contributed by atoms with Crippen LogP contribution in [0.4, 0.5) is 5.69 Å². The fourth-order valence-electron chi connectivity index (χ4n) is 2.45. The number of hydrogen-bond donors (Lipinski definition) is 1. The van der Waals surface area contributed by atoms with Crippen molar-refractivity contribution in [2.75, 3.05) is 0 Å². The molecule has 0 aliphatic heterocycles. The van der Waals surface area contributed by atoms with Gasteiger partial charge in [-0.05, 0) is 17.7 Å². The summed E-state index contributed by atoms with van der Waals surface area (Å²) < 4.78 is 5.11. The number of esters is 1. The van der Waals surface area contributed by atoms with Gasteiger partial charge in [0.25, 0.3) is 11.2 Å². The van der Waals surface area contributed by atoms with E-state index in [-0.39, 0.29) is 36.4 Å². The van der Waals surface area contributed by atoms with Gasteiger partial charge in [-0.1, -0.05) is 24.3 Å². The third-order valence-corrected chi connectivity index (χ3v) is 3.76. The Morgan fingerprint density at radius 2 is 2.00 bits per heavy atom. The smallest absolute Gasteiger partial charge is 0.306 e. The number of nitrogens with one attached hydrogen (secondary N) is 1. The molecule has 0 unspecified atom stereocenters. The van der Waals surface area contributed by atoms with Crippen molar-refractivity contribution in [1.82, 2.24) is 9.97 Å². The van der Waals surface area contributed by atoms with Gasteiger partial charge in [0.05, 0.1) is 22.4 Å². The van der Waals surface area contributed by atoms with Crippen LogP contribution < -0.4 is 5.56 Å². The second kappa shape index (κ2) is 7.56. The Hall–Kier alpha value is -3.55. The number of fused-ring (bicyclic) bond motifs is 1. The first-order valence-corrected chi connectivity index (χ1v) is 7.90. The summed E-state index contributed by atoms with van der Waals surface area (Å²) in [7, 11) is 0. The van der Waals surface area contributed by atoms with Crippen LogP contribution >= 0.6 is 0 Å². The maximum Gasteiger partial charge on any atom is 0.306 e. The standard InChI is InChI=1S/C18H15N3O5/c22-17(26-11-12-4-3-5-13(10-12)21(24)25)9-8-16-18(23)20-15-7-2-1-6-14(15)19-16/h1-7,10H,8-9,11H2,(H,20,23). The maximum absolute atomic E-state index is 12.0. The van der Waals surface area contributed by atoms with E-state index < -0.39 is 10.9 Å². The molecular weight excluding hydrogens is 338 g/mol. The Kier molecular flexibility index (Phi) is 5.02. The van der Waals surface area contributed by atoms with Gasteiger partial charge in [-0.15, -0.1) is 0 Å². The van der Waals surface area contributed by atoms with Crippen LogP contribution in [0.25, 0.3) is 11.0 Å². The summed E-state index contributed by atoms with van der Waals surface area (Å²) in [5, 5.41) is 10.7. The number of H-pyrrole nitrogens is 1. The number of nitro groups is 1. The van der Waals surface area contributed by atoms with E-state index in [0.717, 1.165) is 0 Å². The minimum absolute atomic E-state index is 0.0106. The molecule has 8 heteroatoms. The number of carbonyl (C=O) groups is 1. The summed E-state index contributed by atoms with van der Waals surface area (Å²) in [6.45, 7) is -0.0674. The number of nitrogens with zero attached hydrogens (tertiary/aromatic N) is 2. The average Bonchev–Trinajstić information content (AvgIpc) is 2.65. The van der Waals surface area contributed by atoms with E-state index in [1.807, 2.05) is 6.07 Å². The van der Waals surface area contributed by atoms with Crippen molar-refractivity contribution in [3.63, 3.8) is 0 Å². The molecule has 1 aromatic heterocycles. The SMILES string of the molecule is O=C(CCc1nc2ccccc2[nH]c1=O)OCc1cccc([N+](=O)[O-])c1. The third-order valence-electron chi connectivity index (χ3n) is 3.76. The molecule has 0 atom stereocenters. The van der Waals surface area contributed by atoms with Crippen molar-refractivity contribution in [3.05, 3.63) is 80.3 Å². The van der Waals surface area contributed by atoms with E-state index in [0.29, 0.717) is 16.6 Å². The first-order valence-electron chi connectivity index (χ1n) is 7.90. The maximum atomic E-state index is 12.0. The number of para-hydroxylation sites is 2. The molecule has 2 aromatic carbocycles. The lowest BCUT2D eigenvalue weighted by Crippen LogP contribution is -2.17. The van der Waals surface area contributed by atoms with Gasteiger partial charge in [0.15, 0.2) is 0 Å². The summed E-state index contributed by atoms with van der Waals surface area (Å²) in [5.41, 5.74) is 1.66. The van der Waals surface area contributed by atoms with Gasteiger partial charge in [-0.2, -0.15) is 0 Å². The minimum atomic E-state index is -0.511. The minimum Gasteiger partial charge on any atom is -0.461 e. The lowest BCUT2D eigenvalue weighted by atomic mass is 10.2. The molecule has 1 heterocycles. The number of carbonyl (C=O) groups excluding carboxylic acids is 1. The number of aromatic nitrogens is 2. The van der Waals surface area contributed by atoms with Crippen molar-refractivity contribution < 1.29 is 14.5 Å². The summed E-state index contributed by atoms with van der Waals surface area (Å²) in [5.74, 6) is -0.508. The van der Waals surface area contributed by atoms with Gasteiger partial charge >= 0.3 is 5.97 Å². The normalized spacial score (nSPS) is 10.6. The highest BCUT2D eigenvalue weighted by Gasteiger charge is 2.11.